The first-order chi connectivity index (χ1) is 8.28. The van der Waals surface area contributed by atoms with Gasteiger partial charge in [0.05, 0.1) is 6.10 Å². The molecule has 2 atom stereocenters. The molecular formula is C14H28N2O. The predicted molar refractivity (Wildman–Crippen MR) is 71.1 cm³/mol. The van der Waals surface area contributed by atoms with E-state index in [1.54, 1.807) is 0 Å². The molecule has 0 aromatic carbocycles. The minimum absolute atomic E-state index is 0.160. The topological polar surface area (TPSA) is 47.3 Å². The van der Waals surface area contributed by atoms with Crippen LogP contribution in [-0.4, -0.2) is 30.8 Å². The third-order valence-corrected chi connectivity index (χ3v) is 4.42. The molecule has 0 radical (unpaired) electrons. The molecule has 17 heavy (non-hydrogen) atoms. The summed E-state index contributed by atoms with van der Waals surface area (Å²) in [4.78, 5) is 0. The average Bonchev–Trinajstić information content (AvgIpc) is 2.82. The molecule has 1 saturated heterocycles. The molecule has 1 aliphatic carbocycles. The highest BCUT2D eigenvalue weighted by Gasteiger charge is 2.37. The van der Waals surface area contributed by atoms with Crippen LogP contribution in [0.5, 0.6) is 0 Å². The van der Waals surface area contributed by atoms with Crippen LogP contribution in [0.3, 0.4) is 0 Å². The first-order valence-electron chi connectivity index (χ1n) is 7.37. The Labute approximate surface area is 105 Å². The van der Waals surface area contributed by atoms with Crippen LogP contribution in [0, 0.1) is 0 Å². The number of nitrogens with two attached hydrogens (primary N) is 1. The molecule has 1 saturated carbocycles. The summed E-state index contributed by atoms with van der Waals surface area (Å²) in [5, 5.41) is 3.86. The molecule has 0 aromatic rings. The van der Waals surface area contributed by atoms with Crippen LogP contribution >= 0.6 is 0 Å². The second-order valence-corrected chi connectivity index (χ2v) is 5.85. The summed E-state index contributed by atoms with van der Waals surface area (Å²) in [6.45, 7) is 3.86. The van der Waals surface area contributed by atoms with Gasteiger partial charge < -0.3 is 15.8 Å². The van der Waals surface area contributed by atoms with Crippen molar-refractivity contribution in [1.29, 1.82) is 0 Å². The summed E-state index contributed by atoms with van der Waals surface area (Å²) in [6, 6.07) is 0.707. The van der Waals surface area contributed by atoms with Crippen molar-refractivity contribution >= 4 is 0 Å². The van der Waals surface area contributed by atoms with Gasteiger partial charge >= 0.3 is 0 Å². The number of hydrogen-bond acceptors (Lipinski definition) is 3. The fourth-order valence-electron chi connectivity index (χ4n) is 3.40. The van der Waals surface area contributed by atoms with Crippen LogP contribution in [0.15, 0.2) is 0 Å². The molecule has 2 rings (SSSR count). The van der Waals surface area contributed by atoms with Gasteiger partial charge in [0, 0.05) is 24.7 Å². The van der Waals surface area contributed by atoms with Crippen LogP contribution in [0.1, 0.15) is 58.3 Å². The van der Waals surface area contributed by atoms with Crippen molar-refractivity contribution < 1.29 is 4.74 Å². The number of nitrogens with one attached hydrogen (secondary N) is 1. The highest BCUT2D eigenvalue weighted by atomic mass is 16.5. The fourth-order valence-corrected chi connectivity index (χ4v) is 3.40. The van der Waals surface area contributed by atoms with Crippen molar-refractivity contribution in [1.82, 2.24) is 5.32 Å². The van der Waals surface area contributed by atoms with Gasteiger partial charge in [0.1, 0.15) is 0 Å². The van der Waals surface area contributed by atoms with E-state index >= 15 is 0 Å². The number of ether oxygens (including phenoxy) is 1. The van der Waals surface area contributed by atoms with Crippen LogP contribution < -0.4 is 11.1 Å². The van der Waals surface area contributed by atoms with Gasteiger partial charge in [0.2, 0.25) is 0 Å². The van der Waals surface area contributed by atoms with Gasteiger partial charge in [-0.3, -0.25) is 0 Å². The molecule has 3 nitrogen and oxygen atoms in total. The van der Waals surface area contributed by atoms with Crippen LogP contribution in [0.25, 0.3) is 0 Å². The van der Waals surface area contributed by atoms with Gasteiger partial charge in [-0.1, -0.05) is 26.2 Å². The van der Waals surface area contributed by atoms with Crippen molar-refractivity contribution in [2.45, 2.75) is 76.0 Å². The van der Waals surface area contributed by atoms with Crippen molar-refractivity contribution in [3.05, 3.63) is 0 Å². The van der Waals surface area contributed by atoms with Gasteiger partial charge in [0.25, 0.3) is 0 Å². The molecule has 0 aromatic heterocycles. The average molecular weight is 240 g/mol. The highest BCUT2D eigenvalue weighted by Crippen LogP contribution is 2.29. The summed E-state index contributed by atoms with van der Waals surface area (Å²) in [5.41, 5.74) is 6.22. The molecule has 1 heterocycles. The van der Waals surface area contributed by atoms with Gasteiger partial charge in [-0.2, -0.15) is 0 Å². The Bertz CT molecular complexity index is 226. The Morgan fingerprint density at radius 1 is 1.35 bits per heavy atom. The molecule has 0 spiro atoms. The smallest absolute Gasteiger partial charge is 0.0593 e. The van der Waals surface area contributed by atoms with Gasteiger partial charge in [-0.05, 0) is 32.1 Å². The first-order valence-corrected chi connectivity index (χ1v) is 7.37. The molecule has 0 bridgehead atoms. The Hall–Kier alpha value is -0.120. The molecule has 0 amide bonds. The summed E-state index contributed by atoms with van der Waals surface area (Å²) in [5.74, 6) is 0. The number of hydrogen-bond donors (Lipinski definition) is 2. The van der Waals surface area contributed by atoms with Gasteiger partial charge in [-0.15, -0.1) is 0 Å². The van der Waals surface area contributed by atoms with Crippen molar-refractivity contribution in [3.63, 3.8) is 0 Å². The standard InChI is InChI=1S/C14H28N2O/c1-2-5-13-10-14(11-15,8-9-17-13)16-12-6-3-4-7-12/h12-13,16H,2-11,15H2,1H3. The molecule has 3 heteroatoms. The first kappa shape index (κ1) is 13.3. The molecule has 1 aliphatic heterocycles. The van der Waals surface area contributed by atoms with Gasteiger partial charge in [-0.25, -0.2) is 0 Å². The number of rotatable bonds is 5. The Kier molecular flexibility index (Phi) is 4.83. The zero-order valence-electron chi connectivity index (χ0n) is 11.2. The van der Waals surface area contributed by atoms with Crippen LogP contribution in [-0.2, 0) is 4.74 Å². The van der Waals surface area contributed by atoms with Crippen LogP contribution in [0.4, 0.5) is 0 Å². The van der Waals surface area contributed by atoms with Crippen LogP contribution in [0.2, 0.25) is 0 Å². The second kappa shape index (κ2) is 6.17. The van der Waals surface area contributed by atoms with Crippen molar-refractivity contribution in [2.24, 2.45) is 5.73 Å². The summed E-state index contributed by atoms with van der Waals surface area (Å²) in [6.07, 6.45) is 10.4. The van der Waals surface area contributed by atoms with Crippen molar-refractivity contribution in [2.75, 3.05) is 13.2 Å². The van der Waals surface area contributed by atoms with E-state index in [4.69, 9.17) is 10.5 Å². The van der Waals surface area contributed by atoms with Gasteiger partial charge in [0.15, 0.2) is 0 Å². The normalized spacial score (nSPS) is 35.3. The lowest BCUT2D eigenvalue weighted by Gasteiger charge is -2.43. The zero-order valence-corrected chi connectivity index (χ0v) is 11.2. The molecule has 2 aliphatic rings. The Morgan fingerprint density at radius 3 is 2.76 bits per heavy atom. The quantitative estimate of drug-likeness (QED) is 0.774. The third kappa shape index (κ3) is 3.43. The summed E-state index contributed by atoms with van der Waals surface area (Å²) in [7, 11) is 0. The predicted octanol–water partition coefficient (Wildman–Crippen LogP) is 2.20. The maximum absolute atomic E-state index is 6.06. The van der Waals surface area contributed by atoms with Crippen molar-refractivity contribution in [3.8, 4) is 0 Å². The van der Waals surface area contributed by atoms with E-state index in [9.17, 15) is 0 Å². The lowest BCUT2D eigenvalue weighted by molar-refractivity contribution is -0.0333. The highest BCUT2D eigenvalue weighted by molar-refractivity contribution is 4.97. The van der Waals surface area contributed by atoms with E-state index < -0.39 is 0 Å². The molecule has 100 valence electrons. The lowest BCUT2D eigenvalue weighted by Crippen LogP contribution is -2.59. The van der Waals surface area contributed by atoms with E-state index in [-0.39, 0.29) is 5.54 Å². The largest absolute Gasteiger partial charge is 0.378 e. The van der Waals surface area contributed by atoms with E-state index in [0.717, 1.165) is 26.0 Å². The minimum atomic E-state index is 0.160. The summed E-state index contributed by atoms with van der Waals surface area (Å²) < 4.78 is 5.84. The molecule has 2 fully saturated rings. The molecular weight excluding hydrogens is 212 g/mol. The van der Waals surface area contributed by atoms with E-state index in [1.165, 1.54) is 38.5 Å². The molecule has 3 N–H and O–H groups in total. The summed E-state index contributed by atoms with van der Waals surface area (Å²) >= 11 is 0. The fraction of sp³-hybridized carbons (Fsp3) is 1.00. The zero-order chi connectivity index (χ0) is 12.1. The Morgan fingerprint density at radius 2 is 2.12 bits per heavy atom. The maximum Gasteiger partial charge on any atom is 0.0593 e. The van der Waals surface area contributed by atoms with E-state index in [1.807, 2.05) is 0 Å². The Balaban J connectivity index is 1.92. The monoisotopic (exact) mass is 240 g/mol. The second-order valence-electron chi connectivity index (χ2n) is 5.85. The lowest BCUT2D eigenvalue weighted by atomic mass is 9.84. The molecule has 2 unspecified atom stereocenters. The maximum atomic E-state index is 6.06. The SMILES string of the molecule is CCCC1CC(CN)(NC2CCCC2)CCO1. The van der Waals surface area contributed by atoms with E-state index in [0.29, 0.717) is 12.1 Å². The third-order valence-electron chi connectivity index (χ3n) is 4.42. The minimum Gasteiger partial charge on any atom is -0.378 e. The van der Waals surface area contributed by atoms with E-state index in [2.05, 4.69) is 12.2 Å².